The zero-order valence-corrected chi connectivity index (χ0v) is 11.3. The second-order valence-electron chi connectivity index (χ2n) is 3.72. The maximum Gasteiger partial charge on any atom is 0.339 e. The minimum absolute atomic E-state index is 0.0205. The number of esters is 2. The third kappa shape index (κ3) is 3.98. The van der Waals surface area contributed by atoms with Crippen molar-refractivity contribution in [2.75, 3.05) is 6.61 Å². The molecule has 1 rings (SSSR count). The van der Waals surface area contributed by atoms with Gasteiger partial charge in [-0.05, 0) is 6.92 Å². The number of carbonyl (C=O) groups excluding carboxylic acids is 2. The van der Waals surface area contributed by atoms with Crippen LogP contribution in [0.5, 0.6) is 17.2 Å². The van der Waals surface area contributed by atoms with Gasteiger partial charge in [0.1, 0.15) is 11.3 Å². The number of rotatable bonds is 5. The molecule has 0 heterocycles. The Morgan fingerprint density at radius 1 is 1.00 bits per heavy atom. The number of carboxylic acid groups (broad SMARTS) is 1. The summed E-state index contributed by atoms with van der Waals surface area (Å²) in [4.78, 5) is 33.2. The second kappa shape index (κ2) is 6.55. The summed E-state index contributed by atoms with van der Waals surface area (Å²) in [5.41, 5.74) is -0.195. The van der Waals surface area contributed by atoms with Gasteiger partial charge in [0.2, 0.25) is 0 Å². The molecule has 0 unspecified atom stereocenters. The van der Waals surface area contributed by atoms with Gasteiger partial charge in [-0.1, -0.05) is 0 Å². The van der Waals surface area contributed by atoms with Crippen molar-refractivity contribution in [1.82, 2.24) is 0 Å². The highest BCUT2D eigenvalue weighted by Gasteiger charge is 2.20. The second-order valence-corrected chi connectivity index (χ2v) is 3.72. The van der Waals surface area contributed by atoms with E-state index in [1.54, 1.807) is 6.92 Å². The molecule has 0 bridgehead atoms. The van der Waals surface area contributed by atoms with Gasteiger partial charge in [0.15, 0.2) is 11.5 Å². The summed E-state index contributed by atoms with van der Waals surface area (Å²) in [6.45, 7) is 4.22. The average Bonchev–Trinajstić information content (AvgIpc) is 2.30. The predicted octanol–water partition coefficient (Wildman–Crippen LogP) is 1.63. The fourth-order valence-electron chi connectivity index (χ4n) is 1.45. The molecule has 0 spiro atoms. The molecule has 0 radical (unpaired) electrons. The molecule has 0 fully saturated rings. The number of benzene rings is 1. The van der Waals surface area contributed by atoms with Gasteiger partial charge in [0, 0.05) is 26.0 Å². The Morgan fingerprint density at radius 3 is 1.90 bits per heavy atom. The summed E-state index contributed by atoms with van der Waals surface area (Å²) in [7, 11) is 0. The number of hydrogen-bond acceptors (Lipinski definition) is 6. The third-order valence-corrected chi connectivity index (χ3v) is 2.08. The topological polar surface area (TPSA) is 99.1 Å². The molecule has 0 atom stereocenters. The van der Waals surface area contributed by atoms with Gasteiger partial charge in [-0.15, -0.1) is 0 Å². The van der Waals surface area contributed by atoms with Crippen LogP contribution < -0.4 is 14.2 Å². The van der Waals surface area contributed by atoms with Crippen LogP contribution in [0, 0.1) is 0 Å². The van der Waals surface area contributed by atoms with Crippen molar-refractivity contribution in [3.05, 3.63) is 17.7 Å². The van der Waals surface area contributed by atoms with Crippen molar-refractivity contribution in [3.8, 4) is 17.2 Å². The number of carbonyl (C=O) groups is 3. The molecule has 108 valence electrons. The fraction of sp³-hybridized carbons (Fsp3) is 0.308. The Hall–Kier alpha value is -2.57. The molecule has 0 saturated carbocycles. The van der Waals surface area contributed by atoms with Crippen molar-refractivity contribution in [2.24, 2.45) is 0 Å². The van der Waals surface area contributed by atoms with Gasteiger partial charge in [-0.25, -0.2) is 4.79 Å². The van der Waals surface area contributed by atoms with Gasteiger partial charge < -0.3 is 19.3 Å². The van der Waals surface area contributed by atoms with Gasteiger partial charge in [0.05, 0.1) is 6.61 Å². The Balaban J connectivity index is 3.37. The van der Waals surface area contributed by atoms with Gasteiger partial charge in [-0.3, -0.25) is 9.59 Å². The van der Waals surface area contributed by atoms with Crippen LogP contribution >= 0.6 is 0 Å². The van der Waals surface area contributed by atoms with Crippen LogP contribution in [0.25, 0.3) is 0 Å². The highest BCUT2D eigenvalue weighted by molar-refractivity contribution is 5.92. The number of hydrogen-bond donors (Lipinski definition) is 1. The molecule has 7 heteroatoms. The van der Waals surface area contributed by atoms with Crippen LogP contribution in [0.2, 0.25) is 0 Å². The van der Waals surface area contributed by atoms with Gasteiger partial charge >= 0.3 is 17.9 Å². The first-order chi connectivity index (χ1) is 9.35. The van der Waals surface area contributed by atoms with E-state index >= 15 is 0 Å². The van der Waals surface area contributed by atoms with E-state index in [0.717, 1.165) is 13.0 Å². The van der Waals surface area contributed by atoms with Crippen LogP contribution in [0.1, 0.15) is 31.1 Å². The van der Waals surface area contributed by atoms with Crippen molar-refractivity contribution >= 4 is 17.9 Å². The zero-order chi connectivity index (χ0) is 15.3. The Labute approximate surface area is 115 Å². The van der Waals surface area contributed by atoms with Crippen molar-refractivity contribution in [2.45, 2.75) is 20.8 Å². The first-order valence-corrected chi connectivity index (χ1v) is 5.76. The van der Waals surface area contributed by atoms with E-state index in [4.69, 9.17) is 19.3 Å². The van der Waals surface area contributed by atoms with Crippen LogP contribution in [0.15, 0.2) is 12.1 Å². The van der Waals surface area contributed by atoms with E-state index in [9.17, 15) is 14.4 Å². The SMILES string of the molecule is CCOc1cc(OC(C)=O)c(OC(C)=O)cc1C(=O)O. The highest BCUT2D eigenvalue weighted by atomic mass is 16.6. The lowest BCUT2D eigenvalue weighted by Gasteiger charge is -2.13. The molecule has 1 N–H and O–H groups in total. The van der Waals surface area contributed by atoms with Crippen LogP contribution in [-0.4, -0.2) is 29.6 Å². The minimum atomic E-state index is -1.25. The molecular weight excluding hydrogens is 268 g/mol. The number of carboxylic acids is 1. The summed E-state index contributed by atoms with van der Waals surface area (Å²) in [6, 6.07) is 2.28. The summed E-state index contributed by atoms with van der Waals surface area (Å²) >= 11 is 0. The monoisotopic (exact) mass is 282 g/mol. The maximum absolute atomic E-state index is 11.1. The van der Waals surface area contributed by atoms with Gasteiger partial charge in [0.25, 0.3) is 0 Å². The van der Waals surface area contributed by atoms with E-state index < -0.39 is 17.9 Å². The van der Waals surface area contributed by atoms with Crippen molar-refractivity contribution < 1.29 is 33.7 Å². The fourth-order valence-corrected chi connectivity index (χ4v) is 1.45. The lowest BCUT2D eigenvalue weighted by Crippen LogP contribution is -2.10. The quantitative estimate of drug-likeness (QED) is 0.647. The average molecular weight is 282 g/mol. The Morgan fingerprint density at radius 2 is 1.50 bits per heavy atom. The lowest BCUT2D eigenvalue weighted by molar-refractivity contribution is -0.134. The Kier molecular flexibility index (Phi) is 5.08. The molecule has 0 aromatic heterocycles. The van der Waals surface area contributed by atoms with Crippen molar-refractivity contribution in [1.29, 1.82) is 0 Å². The number of aromatic carboxylic acids is 1. The third-order valence-electron chi connectivity index (χ3n) is 2.08. The minimum Gasteiger partial charge on any atom is -0.493 e. The van der Waals surface area contributed by atoms with Gasteiger partial charge in [-0.2, -0.15) is 0 Å². The summed E-state index contributed by atoms with van der Waals surface area (Å²) in [5, 5.41) is 9.10. The molecule has 0 aliphatic carbocycles. The lowest BCUT2D eigenvalue weighted by atomic mass is 10.1. The van der Waals surface area contributed by atoms with Crippen LogP contribution in [0.4, 0.5) is 0 Å². The van der Waals surface area contributed by atoms with E-state index in [1.165, 1.54) is 13.0 Å². The Bertz CT molecular complexity index is 548. The molecular formula is C13H14O7. The molecule has 7 nitrogen and oxygen atoms in total. The van der Waals surface area contributed by atoms with E-state index in [-0.39, 0.29) is 29.4 Å². The first-order valence-electron chi connectivity index (χ1n) is 5.76. The highest BCUT2D eigenvalue weighted by Crippen LogP contribution is 2.35. The molecule has 0 amide bonds. The summed E-state index contributed by atoms with van der Waals surface area (Å²) in [6.07, 6.45) is 0. The van der Waals surface area contributed by atoms with Crippen LogP contribution in [-0.2, 0) is 9.59 Å². The van der Waals surface area contributed by atoms with E-state index in [2.05, 4.69) is 0 Å². The maximum atomic E-state index is 11.1. The van der Waals surface area contributed by atoms with E-state index in [0.29, 0.717) is 0 Å². The molecule has 0 saturated heterocycles. The molecule has 20 heavy (non-hydrogen) atoms. The predicted molar refractivity (Wildman–Crippen MR) is 67.2 cm³/mol. The molecule has 1 aromatic rings. The number of ether oxygens (including phenoxy) is 3. The summed E-state index contributed by atoms with van der Waals surface area (Å²) in [5.74, 6) is -2.78. The standard InChI is InChI=1S/C13H14O7/c1-4-18-10-6-12(20-8(3)15)11(19-7(2)14)5-9(10)13(16)17/h5-6H,4H2,1-3H3,(H,16,17). The molecule has 0 aliphatic rings. The smallest absolute Gasteiger partial charge is 0.339 e. The van der Waals surface area contributed by atoms with Crippen LogP contribution in [0.3, 0.4) is 0 Å². The normalized spacial score (nSPS) is 9.75. The van der Waals surface area contributed by atoms with Crippen molar-refractivity contribution in [3.63, 3.8) is 0 Å². The first kappa shape index (κ1) is 15.5. The molecule has 0 aliphatic heterocycles. The molecule has 1 aromatic carbocycles. The zero-order valence-electron chi connectivity index (χ0n) is 11.3. The van der Waals surface area contributed by atoms with E-state index in [1.807, 2.05) is 0 Å². The summed E-state index contributed by atoms with van der Waals surface area (Å²) < 4.78 is 14.9. The largest absolute Gasteiger partial charge is 0.493 e.